The molecule has 0 spiro atoms. The maximum atomic E-state index is 14.2. The van der Waals surface area contributed by atoms with Gasteiger partial charge in [-0.25, -0.2) is 17.9 Å². The summed E-state index contributed by atoms with van der Waals surface area (Å²) in [5.41, 5.74) is -0.110. The highest BCUT2D eigenvalue weighted by Crippen LogP contribution is 2.21. The molecule has 0 atom stereocenters. The maximum Gasteiger partial charge on any atom is 0.185 e. The van der Waals surface area contributed by atoms with E-state index in [2.05, 4.69) is 10.1 Å². The van der Waals surface area contributed by atoms with E-state index in [1.165, 1.54) is 10.9 Å². The second-order valence-electron chi connectivity index (χ2n) is 5.60. The van der Waals surface area contributed by atoms with Crippen LogP contribution in [-0.2, 0) is 0 Å². The van der Waals surface area contributed by atoms with E-state index in [4.69, 9.17) is 29.2 Å². The van der Waals surface area contributed by atoms with Crippen LogP contribution in [0.4, 0.5) is 13.2 Å². The van der Waals surface area contributed by atoms with Crippen LogP contribution in [0.1, 0.15) is 0 Å². The van der Waals surface area contributed by atoms with Crippen LogP contribution in [0.2, 0.25) is 5.02 Å². The van der Waals surface area contributed by atoms with E-state index in [0.29, 0.717) is 22.4 Å². The van der Waals surface area contributed by atoms with Crippen molar-refractivity contribution in [1.29, 1.82) is 5.41 Å². The number of aromatic amines is 1. The van der Waals surface area contributed by atoms with E-state index in [1.807, 2.05) is 0 Å². The van der Waals surface area contributed by atoms with Crippen LogP contribution in [0, 0.1) is 27.6 Å². The lowest BCUT2D eigenvalue weighted by Gasteiger charge is -2.11. The molecule has 2 N–H and O–H groups in total. The Morgan fingerprint density at radius 1 is 1.04 bits per heavy atom. The molecule has 27 heavy (non-hydrogen) atoms. The molecule has 5 nitrogen and oxygen atoms in total. The van der Waals surface area contributed by atoms with E-state index in [1.54, 1.807) is 24.3 Å². The van der Waals surface area contributed by atoms with Gasteiger partial charge in [0.15, 0.2) is 22.2 Å². The second kappa shape index (κ2) is 6.36. The van der Waals surface area contributed by atoms with Crippen molar-refractivity contribution < 1.29 is 13.2 Å². The molecule has 4 aromatic rings. The fourth-order valence-electron chi connectivity index (χ4n) is 2.73. The number of halogens is 4. The summed E-state index contributed by atoms with van der Waals surface area (Å²) in [6, 6.07) is 8.20. The largest absolute Gasteiger partial charge is 0.316 e. The summed E-state index contributed by atoms with van der Waals surface area (Å²) < 4.78 is 44.1. The molecule has 0 amide bonds. The van der Waals surface area contributed by atoms with Gasteiger partial charge in [0.05, 0.1) is 17.3 Å². The smallest absolute Gasteiger partial charge is 0.185 e. The lowest BCUT2D eigenvalue weighted by atomic mass is 10.2. The summed E-state index contributed by atoms with van der Waals surface area (Å²) in [7, 11) is 0. The summed E-state index contributed by atoms with van der Waals surface area (Å²) in [5, 5.41) is 13.3. The topological polar surface area (TPSA) is 62.4 Å². The molecule has 2 aromatic heterocycles. The van der Waals surface area contributed by atoms with Gasteiger partial charge < -0.3 is 4.98 Å². The van der Waals surface area contributed by atoms with Gasteiger partial charge in [-0.15, -0.1) is 0 Å². The molecule has 0 fully saturated rings. The van der Waals surface area contributed by atoms with Crippen molar-refractivity contribution in [3.63, 3.8) is 0 Å². The fourth-order valence-corrected chi connectivity index (χ4v) is 3.14. The molecule has 0 saturated carbocycles. The van der Waals surface area contributed by atoms with Gasteiger partial charge in [0.25, 0.3) is 0 Å². The Hall–Kier alpha value is -2.91. The highest BCUT2D eigenvalue weighted by atomic mass is 35.5. The SMILES string of the molecule is N=c1c2cnn(-c3ccc(Cl)cc3)c2[nH]c(=S)n1-c1c(F)ccc(F)c1F. The highest BCUT2D eigenvalue weighted by molar-refractivity contribution is 7.71. The third kappa shape index (κ3) is 2.75. The van der Waals surface area contributed by atoms with Crippen LogP contribution in [-0.4, -0.2) is 19.3 Å². The van der Waals surface area contributed by atoms with Crippen molar-refractivity contribution in [2.45, 2.75) is 0 Å². The average Bonchev–Trinajstić information content (AvgIpc) is 3.05. The molecule has 0 bridgehead atoms. The van der Waals surface area contributed by atoms with Gasteiger partial charge in [-0.2, -0.15) is 5.10 Å². The first-order valence-corrected chi connectivity index (χ1v) is 8.34. The number of hydrogen-bond acceptors (Lipinski definition) is 3. The number of benzene rings is 2. The predicted molar refractivity (Wildman–Crippen MR) is 96.3 cm³/mol. The zero-order valence-corrected chi connectivity index (χ0v) is 14.9. The number of fused-ring (bicyclic) bond motifs is 1. The number of hydrogen-bond donors (Lipinski definition) is 2. The highest BCUT2D eigenvalue weighted by Gasteiger charge is 2.19. The lowest BCUT2D eigenvalue weighted by Crippen LogP contribution is -2.23. The van der Waals surface area contributed by atoms with E-state index in [9.17, 15) is 13.2 Å². The maximum absolute atomic E-state index is 14.2. The minimum Gasteiger partial charge on any atom is -0.316 e. The van der Waals surface area contributed by atoms with Crippen molar-refractivity contribution >= 4 is 34.9 Å². The van der Waals surface area contributed by atoms with Crippen molar-refractivity contribution in [1.82, 2.24) is 19.3 Å². The normalized spacial score (nSPS) is 11.3. The molecule has 4 rings (SSSR count). The van der Waals surface area contributed by atoms with Crippen LogP contribution in [0.5, 0.6) is 0 Å². The Morgan fingerprint density at radius 2 is 1.70 bits per heavy atom. The van der Waals surface area contributed by atoms with Gasteiger partial charge in [-0.05, 0) is 48.6 Å². The molecule has 136 valence electrons. The molecule has 2 aromatic carbocycles. The van der Waals surface area contributed by atoms with Crippen LogP contribution in [0.15, 0.2) is 42.6 Å². The monoisotopic (exact) mass is 407 g/mol. The van der Waals surface area contributed by atoms with E-state index in [-0.39, 0.29) is 15.6 Å². The van der Waals surface area contributed by atoms with Crippen LogP contribution in [0.3, 0.4) is 0 Å². The van der Waals surface area contributed by atoms with E-state index >= 15 is 0 Å². The van der Waals surface area contributed by atoms with Crippen molar-refractivity contribution in [3.8, 4) is 11.4 Å². The zero-order chi connectivity index (χ0) is 19.3. The average molecular weight is 408 g/mol. The molecule has 0 aliphatic rings. The predicted octanol–water partition coefficient (Wildman–Crippen LogP) is 4.42. The molecule has 0 aliphatic carbocycles. The van der Waals surface area contributed by atoms with Crippen LogP contribution < -0.4 is 5.49 Å². The molecule has 10 heteroatoms. The van der Waals surface area contributed by atoms with E-state index in [0.717, 1.165) is 10.6 Å². The Balaban J connectivity index is 2.03. The molecule has 0 radical (unpaired) electrons. The molecular formula is C17H9ClF3N5S. The minimum absolute atomic E-state index is 0.188. The standard InChI is InChI=1S/C17H9ClF3N5S/c18-8-1-3-9(4-2-8)26-16-10(7-23-26)15(22)25(17(27)24-16)14-12(20)6-5-11(19)13(14)21/h1-7,22H,(H,24,27). The van der Waals surface area contributed by atoms with Gasteiger partial charge >= 0.3 is 0 Å². The third-order valence-electron chi connectivity index (χ3n) is 3.99. The first-order valence-electron chi connectivity index (χ1n) is 7.56. The number of nitrogens with one attached hydrogen (secondary N) is 2. The Bertz CT molecular complexity index is 1310. The summed E-state index contributed by atoms with van der Waals surface area (Å²) in [4.78, 5) is 2.80. The van der Waals surface area contributed by atoms with Gasteiger partial charge in [0, 0.05) is 5.02 Å². The molecule has 0 unspecified atom stereocenters. The zero-order valence-electron chi connectivity index (χ0n) is 13.3. The second-order valence-corrected chi connectivity index (χ2v) is 6.42. The number of aromatic nitrogens is 4. The minimum atomic E-state index is -1.43. The molecule has 0 saturated heterocycles. The fraction of sp³-hybridized carbons (Fsp3) is 0. The Morgan fingerprint density at radius 3 is 2.41 bits per heavy atom. The van der Waals surface area contributed by atoms with Crippen molar-refractivity contribution in [2.75, 3.05) is 0 Å². The molecule has 2 heterocycles. The van der Waals surface area contributed by atoms with Gasteiger partial charge in [0.2, 0.25) is 0 Å². The third-order valence-corrected chi connectivity index (χ3v) is 4.53. The number of nitrogens with zero attached hydrogens (tertiary/aromatic N) is 3. The molecule has 0 aliphatic heterocycles. The summed E-state index contributed by atoms with van der Waals surface area (Å²) >= 11 is 11.1. The number of H-pyrrole nitrogens is 1. The number of rotatable bonds is 2. The van der Waals surface area contributed by atoms with Crippen LogP contribution >= 0.6 is 23.8 Å². The van der Waals surface area contributed by atoms with Gasteiger partial charge in [-0.3, -0.25) is 9.98 Å². The Labute approximate surface area is 159 Å². The summed E-state index contributed by atoms with van der Waals surface area (Å²) in [5.74, 6) is -3.72. The summed E-state index contributed by atoms with van der Waals surface area (Å²) in [6.07, 6.45) is 1.35. The first kappa shape index (κ1) is 17.5. The van der Waals surface area contributed by atoms with Gasteiger partial charge in [0.1, 0.15) is 16.8 Å². The van der Waals surface area contributed by atoms with Crippen LogP contribution in [0.25, 0.3) is 22.4 Å². The summed E-state index contributed by atoms with van der Waals surface area (Å²) in [6.45, 7) is 0. The van der Waals surface area contributed by atoms with E-state index < -0.39 is 23.1 Å². The Kier molecular flexibility index (Phi) is 4.12. The van der Waals surface area contributed by atoms with Gasteiger partial charge in [-0.1, -0.05) is 11.6 Å². The lowest BCUT2D eigenvalue weighted by molar-refractivity contribution is 0.485. The van der Waals surface area contributed by atoms with Crippen molar-refractivity contribution in [2.24, 2.45) is 0 Å². The quantitative estimate of drug-likeness (QED) is 0.381. The van der Waals surface area contributed by atoms with Crippen molar-refractivity contribution in [3.05, 3.63) is 75.3 Å². The first-order chi connectivity index (χ1) is 12.9. The molecular weight excluding hydrogens is 399 g/mol.